The molecule has 0 aliphatic heterocycles. The fourth-order valence-electron chi connectivity index (χ4n) is 5.40. The van der Waals surface area contributed by atoms with Gasteiger partial charge in [-0.3, -0.25) is 19.7 Å². The maximum Gasteiger partial charge on any atom is 0.345 e. The summed E-state index contributed by atoms with van der Waals surface area (Å²) in [5.41, 5.74) is 2.30. The molecule has 8 nitrogen and oxygen atoms in total. The van der Waals surface area contributed by atoms with Crippen LogP contribution in [0.2, 0.25) is 0 Å². The Bertz CT molecular complexity index is 1950. The zero-order valence-electron chi connectivity index (χ0n) is 26.6. The average Bonchev–Trinajstić information content (AvgIpc) is 3.43. The van der Waals surface area contributed by atoms with Gasteiger partial charge in [0.25, 0.3) is 0 Å². The van der Waals surface area contributed by atoms with Crippen molar-refractivity contribution < 1.29 is 23.6 Å². The smallest absolute Gasteiger partial charge is 0.334 e. The number of aromatic nitrogens is 1. The molecule has 0 radical (unpaired) electrons. The van der Waals surface area contributed by atoms with Crippen LogP contribution in [-0.2, 0) is 19.6 Å². The molecule has 0 saturated heterocycles. The minimum atomic E-state index is -0.727. The zero-order chi connectivity index (χ0) is 33.8. The molecule has 0 atom stereocenters. The lowest BCUT2D eigenvalue weighted by Crippen LogP contribution is -2.31. The molecule has 244 valence electrons. The molecule has 0 spiro atoms. The van der Waals surface area contributed by atoms with Crippen molar-refractivity contribution in [1.29, 1.82) is 0 Å². The quantitative estimate of drug-likeness (QED) is 0.0859. The van der Waals surface area contributed by atoms with Gasteiger partial charge in [-0.05, 0) is 54.9 Å². The number of rotatable bonds is 11. The van der Waals surface area contributed by atoms with E-state index in [1.54, 1.807) is 49.6 Å². The number of fused-ring (bicyclic) bond motifs is 1. The number of benzene rings is 3. The largest absolute Gasteiger partial charge is 0.345 e. The first-order chi connectivity index (χ1) is 22.5. The molecule has 0 fully saturated rings. The predicted octanol–water partition coefficient (Wildman–Crippen LogP) is 7.77. The van der Waals surface area contributed by atoms with Gasteiger partial charge in [0.2, 0.25) is 5.43 Å². The topological polar surface area (TPSA) is 94.9 Å². The van der Waals surface area contributed by atoms with Crippen LogP contribution in [0.1, 0.15) is 47.8 Å². The second-order valence-corrected chi connectivity index (χ2v) is 12.7. The molecule has 2 heterocycles. The summed E-state index contributed by atoms with van der Waals surface area (Å²) < 4.78 is 31.4. The predicted molar refractivity (Wildman–Crippen MR) is 181 cm³/mol. The SMILES string of the molecule is CCN(O)C(=O)Nc1ccc(-c2sc3c(c2CN(C)Cc2ccccc2)c(=O)c(C(=O)C(C)C)cn3Cc2c(F)cccc2F)cc1. The van der Waals surface area contributed by atoms with Gasteiger partial charge in [-0.25, -0.2) is 18.6 Å². The molecule has 5 aromatic rings. The molecule has 5 rings (SSSR count). The number of ketones is 1. The van der Waals surface area contributed by atoms with E-state index in [9.17, 15) is 28.4 Å². The van der Waals surface area contributed by atoms with Gasteiger partial charge < -0.3 is 9.88 Å². The van der Waals surface area contributed by atoms with E-state index >= 15 is 0 Å². The summed E-state index contributed by atoms with van der Waals surface area (Å²) in [7, 11) is 1.93. The van der Waals surface area contributed by atoms with E-state index in [1.807, 2.05) is 37.4 Å². The highest BCUT2D eigenvalue weighted by atomic mass is 32.1. The number of Topliss-reactive ketones (excluding diaryl/α,β-unsaturated/α-hetero) is 1. The van der Waals surface area contributed by atoms with Crippen molar-refractivity contribution in [3.63, 3.8) is 0 Å². The highest BCUT2D eigenvalue weighted by Gasteiger charge is 2.26. The van der Waals surface area contributed by atoms with Gasteiger partial charge in [-0.1, -0.05) is 62.4 Å². The molecule has 0 aliphatic carbocycles. The van der Waals surface area contributed by atoms with E-state index in [1.165, 1.54) is 35.7 Å². The summed E-state index contributed by atoms with van der Waals surface area (Å²) in [4.78, 5) is 43.1. The number of hydrogen-bond acceptors (Lipinski definition) is 6. The Hall–Kier alpha value is -4.71. The summed E-state index contributed by atoms with van der Waals surface area (Å²) in [5.74, 6) is -2.29. The van der Waals surface area contributed by atoms with Crippen molar-refractivity contribution in [3.8, 4) is 10.4 Å². The van der Waals surface area contributed by atoms with E-state index in [2.05, 4.69) is 10.2 Å². The van der Waals surface area contributed by atoms with Gasteiger partial charge in [0, 0.05) is 47.9 Å². The van der Waals surface area contributed by atoms with Crippen molar-refractivity contribution in [1.82, 2.24) is 14.5 Å². The molecule has 0 bridgehead atoms. The van der Waals surface area contributed by atoms with Crippen LogP contribution in [0.5, 0.6) is 0 Å². The van der Waals surface area contributed by atoms with Crippen molar-refractivity contribution in [2.75, 3.05) is 18.9 Å². The number of amides is 2. The third-order valence-corrected chi connectivity index (χ3v) is 9.16. The van der Waals surface area contributed by atoms with Crippen molar-refractivity contribution in [3.05, 3.63) is 123 Å². The van der Waals surface area contributed by atoms with Crippen molar-refractivity contribution in [2.24, 2.45) is 5.92 Å². The van der Waals surface area contributed by atoms with Crippen LogP contribution in [-0.4, -0.2) is 45.1 Å². The molecule has 2 aromatic heterocycles. The van der Waals surface area contributed by atoms with Crippen molar-refractivity contribution >= 4 is 39.1 Å². The third kappa shape index (κ3) is 7.32. The molecule has 3 aromatic carbocycles. The number of anilines is 1. The fourth-order valence-corrected chi connectivity index (χ4v) is 6.68. The first kappa shape index (κ1) is 33.6. The first-order valence-electron chi connectivity index (χ1n) is 15.2. The fraction of sp³-hybridized carbons (Fsp3) is 0.250. The Morgan fingerprint density at radius 2 is 1.60 bits per heavy atom. The van der Waals surface area contributed by atoms with Crippen LogP contribution >= 0.6 is 11.3 Å². The molecular formula is C36H36F2N4O4S. The van der Waals surface area contributed by atoms with Gasteiger partial charge in [0.05, 0.1) is 17.5 Å². The first-order valence-corrected chi connectivity index (χ1v) is 16.1. The number of pyridine rings is 1. The van der Waals surface area contributed by atoms with E-state index in [-0.39, 0.29) is 30.0 Å². The minimum Gasteiger partial charge on any atom is -0.334 e. The zero-order valence-corrected chi connectivity index (χ0v) is 27.4. The van der Waals surface area contributed by atoms with Gasteiger partial charge >= 0.3 is 6.03 Å². The van der Waals surface area contributed by atoms with E-state index < -0.39 is 29.0 Å². The number of carbonyl (C=O) groups is 2. The standard InChI is InChI=1S/C36H36F2N4O4S/c1-5-42(46)36(45)39-25-16-14-24(15-17-25)34-27(19-40(4)18-23-10-7-6-8-11-23)31-33(44)28(32(43)22(2)3)21-41(35(31)47-34)20-26-29(37)12-9-13-30(26)38/h6-17,21-22,46H,5,18-20H2,1-4H3,(H,39,45). The average molecular weight is 659 g/mol. The number of hydrogen-bond donors (Lipinski definition) is 2. The normalized spacial score (nSPS) is 11.4. The van der Waals surface area contributed by atoms with Gasteiger partial charge in [0.15, 0.2) is 5.78 Å². The monoisotopic (exact) mass is 658 g/mol. The second kappa shape index (κ2) is 14.4. The summed E-state index contributed by atoms with van der Waals surface area (Å²) in [6, 6.07) is 19.8. The Balaban J connectivity index is 1.70. The van der Waals surface area contributed by atoms with Crippen LogP contribution in [0, 0.1) is 17.6 Å². The van der Waals surface area contributed by atoms with Crippen LogP contribution < -0.4 is 10.7 Å². The maximum absolute atomic E-state index is 14.9. The van der Waals surface area contributed by atoms with E-state index in [4.69, 9.17) is 0 Å². The second-order valence-electron chi connectivity index (χ2n) is 11.7. The minimum absolute atomic E-state index is 0.0388. The molecule has 2 amide bonds. The maximum atomic E-state index is 14.9. The number of hydroxylamine groups is 2. The Labute approximate surface area is 275 Å². The molecule has 0 saturated carbocycles. The van der Waals surface area contributed by atoms with Gasteiger partial charge in [-0.2, -0.15) is 0 Å². The highest BCUT2D eigenvalue weighted by Crippen LogP contribution is 2.39. The molecule has 0 unspecified atom stereocenters. The number of carbonyl (C=O) groups excluding carboxylic acids is 2. The van der Waals surface area contributed by atoms with Crippen LogP contribution in [0.3, 0.4) is 0 Å². The molecular weight excluding hydrogens is 622 g/mol. The summed E-state index contributed by atoms with van der Waals surface area (Å²) in [6.07, 6.45) is 1.42. The lowest BCUT2D eigenvalue weighted by Gasteiger charge is -2.18. The molecule has 2 N–H and O–H groups in total. The lowest BCUT2D eigenvalue weighted by molar-refractivity contribution is -0.0324. The van der Waals surface area contributed by atoms with E-state index in [0.717, 1.165) is 16.0 Å². The van der Waals surface area contributed by atoms with Crippen molar-refractivity contribution in [2.45, 2.75) is 40.4 Å². The number of halogens is 2. The third-order valence-electron chi connectivity index (χ3n) is 7.84. The summed E-state index contributed by atoms with van der Waals surface area (Å²) in [6.45, 7) is 5.85. The van der Waals surface area contributed by atoms with Crippen LogP contribution in [0.15, 0.2) is 83.8 Å². The molecule has 47 heavy (non-hydrogen) atoms. The molecule has 0 aliphatic rings. The Morgan fingerprint density at radius 3 is 2.21 bits per heavy atom. The Kier molecular flexibility index (Phi) is 10.3. The van der Waals surface area contributed by atoms with Crippen LogP contribution in [0.25, 0.3) is 20.7 Å². The Morgan fingerprint density at radius 1 is 0.936 bits per heavy atom. The number of thiophene rings is 1. The summed E-state index contributed by atoms with van der Waals surface area (Å²) in [5, 5.41) is 13.2. The van der Waals surface area contributed by atoms with E-state index in [0.29, 0.717) is 39.6 Å². The van der Waals surface area contributed by atoms with Crippen LogP contribution in [0.4, 0.5) is 19.3 Å². The van der Waals surface area contributed by atoms with Gasteiger partial charge in [0.1, 0.15) is 16.5 Å². The molecule has 11 heteroatoms. The number of urea groups is 1. The lowest BCUT2D eigenvalue weighted by atomic mass is 9.99. The highest BCUT2D eigenvalue weighted by molar-refractivity contribution is 7.22. The summed E-state index contributed by atoms with van der Waals surface area (Å²) >= 11 is 1.30. The number of nitrogens with zero attached hydrogens (tertiary/aromatic N) is 3. The van der Waals surface area contributed by atoms with Gasteiger partial charge in [-0.15, -0.1) is 11.3 Å². The number of nitrogens with one attached hydrogen (secondary N) is 1.